The van der Waals surface area contributed by atoms with Gasteiger partial charge >= 0.3 is 0 Å². The van der Waals surface area contributed by atoms with Crippen molar-refractivity contribution in [1.29, 1.82) is 0 Å². The monoisotopic (exact) mass is 224 g/mol. The van der Waals surface area contributed by atoms with Crippen LogP contribution in [-0.4, -0.2) is 13.7 Å². The van der Waals surface area contributed by atoms with E-state index in [0.29, 0.717) is 0 Å². The van der Waals surface area contributed by atoms with Crippen LogP contribution in [0.1, 0.15) is 40.0 Å². The van der Waals surface area contributed by atoms with Gasteiger partial charge in [-0.2, -0.15) is 0 Å². The Morgan fingerprint density at radius 3 is 2.44 bits per heavy atom. The van der Waals surface area contributed by atoms with E-state index >= 15 is 0 Å². The Labute approximate surface area is 99.6 Å². The lowest BCUT2D eigenvalue weighted by atomic mass is 10.2. The quantitative estimate of drug-likeness (QED) is 0.349. The molecule has 0 aliphatic heterocycles. The lowest BCUT2D eigenvalue weighted by Crippen LogP contribution is -1.99. The van der Waals surface area contributed by atoms with Crippen LogP contribution in [0.2, 0.25) is 0 Å². The van der Waals surface area contributed by atoms with Crippen LogP contribution >= 0.6 is 0 Å². The predicted octanol–water partition coefficient (Wildman–Crippen LogP) is 4.20. The Morgan fingerprint density at radius 1 is 1.31 bits per heavy atom. The lowest BCUT2D eigenvalue weighted by molar-refractivity contribution is 0.211. The number of ether oxygens (including phenoxy) is 2. The third kappa shape index (κ3) is 5.06. The van der Waals surface area contributed by atoms with Crippen molar-refractivity contribution in [2.45, 2.75) is 40.0 Å². The highest BCUT2D eigenvalue weighted by atomic mass is 16.5. The molecule has 92 valence electrons. The van der Waals surface area contributed by atoms with Gasteiger partial charge in [0.2, 0.25) is 0 Å². The van der Waals surface area contributed by atoms with Gasteiger partial charge in [-0.1, -0.05) is 26.8 Å². The standard InChI is InChI=1S/C14H24O2/c1-6-9-11-16-13(8-3)12(4)14(15-5)10-7-2/h8,10H,3,6-7,9,11H2,1-2,4-5H3/b13-12+,14-10+. The van der Waals surface area contributed by atoms with E-state index in [0.717, 1.165) is 43.0 Å². The fourth-order valence-electron chi connectivity index (χ4n) is 1.34. The molecule has 0 bridgehead atoms. The van der Waals surface area contributed by atoms with E-state index in [1.165, 1.54) is 0 Å². The molecule has 0 aromatic rings. The molecule has 0 aromatic carbocycles. The van der Waals surface area contributed by atoms with Gasteiger partial charge in [-0.05, 0) is 31.9 Å². The van der Waals surface area contributed by atoms with Crippen molar-refractivity contribution in [3.8, 4) is 0 Å². The molecule has 0 heterocycles. The molecule has 0 aliphatic rings. The molecule has 0 fully saturated rings. The molecule has 16 heavy (non-hydrogen) atoms. The first-order valence-corrected chi connectivity index (χ1v) is 5.91. The van der Waals surface area contributed by atoms with E-state index in [1.54, 1.807) is 13.2 Å². The third-order valence-corrected chi connectivity index (χ3v) is 2.29. The fourth-order valence-corrected chi connectivity index (χ4v) is 1.34. The van der Waals surface area contributed by atoms with E-state index in [2.05, 4.69) is 20.4 Å². The van der Waals surface area contributed by atoms with Gasteiger partial charge in [0, 0.05) is 5.57 Å². The van der Waals surface area contributed by atoms with Gasteiger partial charge in [-0.25, -0.2) is 0 Å². The van der Waals surface area contributed by atoms with Gasteiger partial charge < -0.3 is 9.47 Å². The normalized spacial score (nSPS) is 13.1. The summed E-state index contributed by atoms with van der Waals surface area (Å²) in [7, 11) is 1.68. The summed E-state index contributed by atoms with van der Waals surface area (Å²) in [5, 5.41) is 0. The van der Waals surface area contributed by atoms with Gasteiger partial charge in [-0.15, -0.1) is 0 Å². The second-order valence-electron chi connectivity index (χ2n) is 3.58. The second kappa shape index (κ2) is 9.08. The SMILES string of the molecule is C=C/C(OCCCC)=C(C)\C(=C/CC)OC. The number of rotatable bonds is 8. The molecule has 0 saturated heterocycles. The Balaban J connectivity index is 4.69. The third-order valence-electron chi connectivity index (χ3n) is 2.29. The molecular formula is C14H24O2. The first-order chi connectivity index (χ1) is 7.71. The van der Waals surface area contributed by atoms with Crippen molar-refractivity contribution in [2.24, 2.45) is 0 Å². The highest BCUT2D eigenvalue weighted by Crippen LogP contribution is 2.18. The summed E-state index contributed by atoms with van der Waals surface area (Å²) < 4.78 is 11.0. The summed E-state index contributed by atoms with van der Waals surface area (Å²) in [6.45, 7) is 10.7. The first kappa shape index (κ1) is 14.8. The summed E-state index contributed by atoms with van der Waals surface area (Å²) in [6.07, 6.45) is 6.92. The molecule has 0 rings (SSSR count). The zero-order chi connectivity index (χ0) is 12.4. The molecule has 0 unspecified atom stereocenters. The summed E-state index contributed by atoms with van der Waals surface area (Å²) >= 11 is 0. The number of methoxy groups -OCH3 is 1. The maximum atomic E-state index is 5.66. The van der Waals surface area contributed by atoms with Crippen LogP contribution in [-0.2, 0) is 9.47 Å². The minimum Gasteiger partial charge on any atom is -0.497 e. The molecule has 0 aliphatic carbocycles. The van der Waals surface area contributed by atoms with E-state index in [-0.39, 0.29) is 0 Å². The predicted molar refractivity (Wildman–Crippen MR) is 69.1 cm³/mol. The van der Waals surface area contributed by atoms with Crippen LogP contribution in [0.25, 0.3) is 0 Å². The van der Waals surface area contributed by atoms with Crippen LogP contribution in [0.3, 0.4) is 0 Å². The zero-order valence-electron chi connectivity index (χ0n) is 11.0. The van der Waals surface area contributed by atoms with Crippen LogP contribution in [0.15, 0.2) is 35.8 Å². The van der Waals surface area contributed by atoms with E-state index in [1.807, 2.05) is 13.0 Å². The van der Waals surface area contributed by atoms with Gasteiger partial charge in [0.05, 0.1) is 13.7 Å². The Kier molecular flexibility index (Phi) is 8.41. The van der Waals surface area contributed by atoms with E-state index in [9.17, 15) is 0 Å². The topological polar surface area (TPSA) is 18.5 Å². The largest absolute Gasteiger partial charge is 0.497 e. The molecule has 0 atom stereocenters. The van der Waals surface area contributed by atoms with Crippen molar-refractivity contribution < 1.29 is 9.47 Å². The van der Waals surface area contributed by atoms with E-state index in [4.69, 9.17) is 9.47 Å². The van der Waals surface area contributed by atoms with Gasteiger partial charge in [0.1, 0.15) is 11.5 Å². The van der Waals surface area contributed by atoms with Crippen molar-refractivity contribution in [2.75, 3.05) is 13.7 Å². The van der Waals surface area contributed by atoms with E-state index < -0.39 is 0 Å². The summed E-state index contributed by atoms with van der Waals surface area (Å²) in [4.78, 5) is 0. The lowest BCUT2D eigenvalue weighted by Gasteiger charge is -2.12. The zero-order valence-corrected chi connectivity index (χ0v) is 11.0. The average molecular weight is 224 g/mol. The van der Waals surface area contributed by atoms with Crippen molar-refractivity contribution in [3.63, 3.8) is 0 Å². The Bertz CT molecular complexity index is 262. The maximum Gasteiger partial charge on any atom is 0.125 e. The summed E-state index contributed by atoms with van der Waals surface area (Å²) in [5.74, 6) is 1.68. The summed E-state index contributed by atoms with van der Waals surface area (Å²) in [5.41, 5.74) is 1.01. The molecule has 0 radical (unpaired) electrons. The number of allylic oxidation sites excluding steroid dienone is 3. The Morgan fingerprint density at radius 2 is 2.00 bits per heavy atom. The minimum atomic E-state index is 0.734. The van der Waals surface area contributed by atoms with Gasteiger partial charge in [0.25, 0.3) is 0 Å². The van der Waals surface area contributed by atoms with Crippen molar-refractivity contribution >= 4 is 0 Å². The smallest absolute Gasteiger partial charge is 0.125 e. The molecule has 0 aromatic heterocycles. The number of hydrogen-bond acceptors (Lipinski definition) is 2. The van der Waals surface area contributed by atoms with Gasteiger partial charge in [0.15, 0.2) is 0 Å². The highest BCUT2D eigenvalue weighted by molar-refractivity contribution is 5.31. The molecule has 2 nitrogen and oxygen atoms in total. The van der Waals surface area contributed by atoms with Crippen LogP contribution in [0.4, 0.5) is 0 Å². The maximum absolute atomic E-state index is 5.66. The van der Waals surface area contributed by atoms with Crippen molar-refractivity contribution in [1.82, 2.24) is 0 Å². The number of hydrogen-bond donors (Lipinski definition) is 0. The molecule has 0 N–H and O–H groups in total. The fraction of sp³-hybridized carbons (Fsp3) is 0.571. The number of unbranched alkanes of at least 4 members (excludes halogenated alkanes) is 1. The average Bonchev–Trinajstić information content (AvgIpc) is 2.31. The van der Waals surface area contributed by atoms with Crippen LogP contribution in [0, 0.1) is 0 Å². The molecule has 0 saturated carbocycles. The Hall–Kier alpha value is -1.18. The first-order valence-electron chi connectivity index (χ1n) is 5.91. The van der Waals surface area contributed by atoms with Gasteiger partial charge in [-0.3, -0.25) is 0 Å². The minimum absolute atomic E-state index is 0.734. The molecule has 0 amide bonds. The molecule has 2 heteroatoms. The van der Waals surface area contributed by atoms with Crippen LogP contribution < -0.4 is 0 Å². The second-order valence-corrected chi connectivity index (χ2v) is 3.58. The molecule has 0 spiro atoms. The highest BCUT2D eigenvalue weighted by Gasteiger charge is 2.05. The van der Waals surface area contributed by atoms with Crippen molar-refractivity contribution in [3.05, 3.63) is 35.8 Å². The summed E-state index contributed by atoms with van der Waals surface area (Å²) in [6, 6.07) is 0. The van der Waals surface area contributed by atoms with Crippen LogP contribution in [0.5, 0.6) is 0 Å². The molecular weight excluding hydrogens is 200 g/mol.